The highest BCUT2D eigenvalue weighted by molar-refractivity contribution is 5.85. The second kappa shape index (κ2) is 10.8. The Balaban J connectivity index is 1.35. The van der Waals surface area contributed by atoms with Crippen LogP contribution >= 0.6 is 0 Å². The second-order valence-electron chi connectivity index (χ2n) is 10.3. The van der Waals surface area contributed by atoms with Gasteiger partial charge in [0.25, 0.3) is 0 Å². The van der Waals surface area contributed by atoms with Crippen molar-refractivity contribution in [3.05, 3.63) is 141 Å². The lowest BCUT2D eigenvalue weighted by Crippen LogP contribution is -2.35. The third kappa shape index (κ3) is 4.97. The van der Waals surface area contributed by atoms with Gasteiger partial charge in [-0.25, -0.2) is 0 Å². The molecule has 2 heterocycles. The van der Waals surface area contributed by atoms with Gasteiger partial charge < -0.3 is 15.2 Å². The van der Waals surface area contributed by atoms with Crippen LogP contribution in [-0.4, -0.2) is 5.01 Å². The van der Waals surface area contributed by atoms with E-state index in [1.807, 2.05) is 85.6 Å². The molecule has 0 saturated carbocycles. The number of fused-ring (bicyclic) bond motifs is 1. The standard InChI is InChI=1S/C34H32N4O2/c1-22-18-28(34-29(19-22)32(39)23(2)33(40-34)26-14-8-5-9-15-26)24(3)35-30-17-11-10-16-27(30)31-21-38(37-36-31)20-25-12-6-4-7-13-25/h4-19,21,24,35-37H,20H2,1-3H3/t24-/m1/s1. The van der Waals surface area contributed by atoms with E-state index in [-0.39, 0.29) is 11.5 Å². The number of para-hydroxylation sites is 1. The van der Waals surface area contributed by atoms with Crippen LogP contribution in [0.1, 0.15) is 40.8 Å². The molecule has 0 saturated heterocycles. The van der Waals surface area contributed by atoms with E-state index in [1.54, 1.807) is 0 Å². The normalized spacial score (nSPS) is 13.7. The summed E-state index contributed by atoms with van der Waals surface area (Å²) in [5.74, 6) is 0.612. The molecule has 0 unspecified atom stereocenters. The Kier molecular flexibility index (Phi) is 6.84. The van der Waals surface area contributed by atoms with Crippen molar-refractivity contribution < 1.29 is 4.42 Å². The highest BCUT2D eigenvalue weighted by Gasteiger charge is 2.21. The van der Waals surface area contributed by atoms with E-state index in [2.05, 4.69) is 59.7 Å². The van der Waals surface area contributed by atoms with Crippen molar-refractivity contribution in [3.8, 4) is 11.3 Å². The van der Waals surface area contributed by atoms with Crippen LogP contribution in [0.15, 0.2) is 112 Å². The quantitative estimate of drug-likeness (QED) is 0.210. The minimum atomic E-state index is -0.131. The molecule has 0 aliphatic carbocycles. The van der Waals surface area contributed by atoms with Crippen LogP contribution in [-0.2, 0) is 6.54 Å². The number of aryl methyl sites for hydroxylation is 1. The molecule has 1 aliphatic heterocycles. The van der Waals surface area contributed by atoms with Gasteiger partial charge >= 0.3 is 0 Å². The van der Waals surface area contributed by atoms with Crippen molar-refractivity contribution in [3.63, 3.8) is 0 Å². The largest absolute Gasteiger partial charge is 0.455 e. The summed E-state index contributed by atoms with van der Waals surface area (Å²) in [5, 5.41) is 6.33. The van der Waals surface area contributed by atoms with Crippen molar-refractivity contribution in [2.75, 3.05) is 5.32 Å². The molecule has 200 valence electrons. The van der Waals surface area contributed by atoms with Gasteiger partial charge in [0.1, 0.15) is 11.3 Å². The van der Waals surface area contributed by atoms with Gasteiger partial charge in [-0.3, -0.25) is 9.80 Å². The van der Waals surface area contributed by atoms with Crippen LogP contribution in [0.3, 0.4) is 0 Å². The van der Waals surface area contributed by atoms with Crippen LogP contribution < -0.4 is 21.7 Å². The third-order valence-corrected chi connectivity index (χ3v) is 7.30. The van der Waals surface area contributed by atoms with E-state index in [9.17, 15) is 4.79 Å². The Morgan fingerprint density at radius 1 is 0.900 bits per heavy atom. The zero-order valence-electron chi connectivity index (χ0n) is 22.9. The Labute approximate surface area is 233 Å². The minimum Gasteiger partial charge on any atom is -0.455 e. The number of hydrazine groups is 2. The maximum Gasteiger partial charge on any atom is 0.196 e. The number of nitrogens with zero attached hydrogens (tertiary/aromatic N) is 1. The number of rotatable bonds is 7. The van der Waals surface area contributed by atoms with Crippen molar-refractivity contribution in [1.29, 1.82) is 0 Å². The predicted molar refractivity (Wildman–Crippen MR) is 162 cm³/mol. The Hall–Kier alpha value is -4.81. The molecule has 0 amide bonds. The number of benzene rings is 4. The summed E-state index contributed by atoms with van der Waals surface area (Å²) in [6.45, 7) is 6.69. The lowest BCUT2D eigenvalue weighted by molar-refractivity contribution is 0.265. The van der Waals surface area contributed by atoms with Crippen LogP contribution in [0.5, 0.6) is 0 Å². The monoisotopic (exact) mass is 528 g/mol. The van der Waals surface area contributed by atoms with Gasteiger partial charge in [-0.15, -0.1) is 5.53 Å². The Morgan fingerprint density at radius 2 is 1.60 bits per heavy atom. The molecule has 0 radical (unpaired) electrons. The molecule has 1 aliphatic rings. The molecule has 1 aromatic heterocycles. The van der Waals surface area contributed by atoms with E-state index in [0.29, 0.717) is 22.3 Å². The summed E-state index contributed by atoms with van der Waals surface area (Å²) in [7, 11) is 0. The highest BCUT2D eigenvalue weighted by Crippen LogP contribution is 2.33. The number of hydrogen-bond donors (Lipinski definition) is 3. The minimum absolute atomic E-state index is 0.00236. The predicted octanol–water partition coefficient (Wildman–Crippen LogP) is 7.07. The highest BCUT2D eigenvalue weighted by atomic mass is 16.3. The first-order valence-corrected chi connectivity index (χ1v) is 13.5. The topological polar surface area (TPSA) is 69.5 Å². The summed E-state index contributed by atoms with van der Waals surface area (Å²) < 4.78 is 6.52. The Bertz CT molecular complexity index is 1760. The van der Waals surface area contributed by atoms with Crippen LogP contribution in [0.2, 0.25) is 0 Å². The Morgan fingerprint density at radius 3 is 2.38 bits per heavy atom. The molecule has 6 nitrogen and oxygen atoms in total. The van der Waals surface area contributed by atoms with Crippen molar-refractivity contribution >= 4 is 22.4 Å². The third-order valence-electron chi connectivity index (χ3n) is 7.30. The summed E-state index contributed by atoms with van der Waals surface area (Å²) in [4.78, 5) is 13.5. The molecule has 40 heavy (non-hydrogen) atoms. The van der Waals surface area contributed by atoms with Gasteiger partial charge in [-0.2, -0.15) is 0 Å². The maximum atomic E-state index is 13.5. The molecular formula is C34H32N4O2. The lowest BCUT2D eigenvalue weighted by Gasteiger charge is -2.21. The van der Waals surface area contributed by atoms with Crippen molar-refractivity contribution in [1.82, 2.24) is 16.0 Å². The van der Waals surface area contributed by atoms with Crippen molar-refractivity contribution in [2.24, 2.45) is 0 Å². The first-order valence-electron chi connectivity index (χ1n) is 13.5. The molecule has 0 spiro atoms. The van der Waals surface area contributed by atoms with Gasteiger partial charge in [-0.1, -0.05) is 84.9 Å². The molecule has 6 heteroatoms. The van der Waals surface area contributed by atoms with Gasteiger partial charge in [-0.05, 0) is 44.0 Å². The smallest absolute Gasteiger partial charge is 0.196 e. The average molecular weight is 529 g/mol. The molecule has 4 aromatic carbocycles. The van der Waals surface area contributed by atoms with Crippen LogP contribution in [0.25, 0.3) is 28.0 Å². The number of hydrogen-bond acceptors (Lipinski definition) is 6. The molecule has 6 rings (SSSR count). The summed E-state index contributed by atoms with van der Waals surface area (Å²) in [6, 6.07) is 32.3. The second-order valence-corrected chi connectivity index (χ2v) is 10.3. The fourth-order valence-electron chi connectivity index (χ4n) is 5.26. The SMILES string of the molecule is Cc1cc([C@@H](C)Nc2ccccc2C2=CN(Cc3ccccc3)NN2)c2oc(-c3ccccc3)c(C)c(=O)c2c1. The number of nitrogens with one attached hydrogen (secondary N) is 3. The fraction of sp³-hybridized carbons (Fsp3) is 0.147. The summed E-state index contributed by atoms with van der Waals surface area (Å²) in [6.07, 6.45) is 2.08. The number of anilines is 1. The first-order chi connectivity index (χ1) is 19.5. The molecule has 0 bridgehead atoms. The van der Waals surface area contributed by atoms with Crippen LogP contribution in [0.4, 0.5) is 5.69 Å². The van der Waals surface area contributed by atoms with E-state index >= 15 is 0 Å². The summed E-state index contributed by atoms with van der Waals surface area (Å²) in [5.41, 5.74) is 14.8. The van der Waals surface area contributed by atoms with Gasteiger partial charge in [0.2, 0.25) is 0 Å². The van der Waals surface area contributed by atoms with Crippen LogP contribution in [0, 0.1) is 13.8 Å². The maximum absolute atomic E-state index is 13.5. The van der Waals surface area contributed by atoms with Gasteiger partial charge in [0.15, 0.2) is 5.43 Å². The van der Waals surface area contributed by atoms with E-state index in [1.165, 1.54) is 5.56 Å². The van der Waals surface area contributed by atoms with Gasteiger partial charge in [0, 0.05) is 34.1 Å². The summed E-state index contributed by atoms with van der Waals surface area (Å²) >= 11 is 0. The van der Waals surface area contributed by atoms with Gasteiger partial charge in [0.05, 0.1) is 23.7 Å². The lowest BCUT2D eigenvalue weighted by atomic mass is 9.98. The molecule has 3 N–H and O–H groups in total. The van der Waals surface area contributed by atoms with Crippen molar-refractivity contribution in [2.45, 2.75) is 33.4 Å². The van der Waals surface area contributed by atoms with E-state index in [4.69, 9.17) is 4.42 Å². The van der Waals surface area contributed by atoms with E-state index < -0.39 is 0 Å². The zero-order valence-corrected chi connectivity index (χ0v) is 22.9. The first kappa shape index (κ1) is 25.5. The molecule has 5 aromatic rings. The fourth-order valence-corrected chi connectivity index (χ4v) is 5.26. The van der Waals surface area contributed by atoms with E-state index in [0.717, 1.165) is 40.2 Å². The average Bonchev–Trinajstić information content (AvgIpc) is 3.44. The zero-order chi connectivity index (χ0) is 27.6. The molecular weight excluding hydrogens is 496 g/mol. The molecule has 0 fully saturated rings. The molecule has 1 atom stereocenters.